The van der Waals surface area contributed by atoms with Crippen LogP contribution < -0.4 is 4.90 Å². The Morgan fingerprint density at radius 1 is 1.47 bits per heavy atom. The summed E-state index contributed by atoms with van der Waals surface area (Å²) < 4.78 is 5.58. The van der Waals surface area contributed by atoms with Gasteiger partial charge in [0.1, 0.15) is 11.5 Å². The molecule has 19 heavy (non-hydrogen) atoms. The minimum Gasteiger partial charge on any atom is -0.464 e. The van der Waals surface area contributed by atoms with Gasteiger partial charge in [-0.25, -0.2) is 4.98 Å². The summed E-state index contributed by atoms with van der Waals surface area (Å²) in [7, 11) is 2.01. The lowest BCUT2D eigenvalue weighted by atomic mass is 10.2. The molecule has 0 aliphatic heterocycles. The van der Waals surface area contributed by atoms with Gasteiger partial charge in [-0.2, -0.15) is 0 Å². The first kappa shape index (κ1) is 12.7. The predicted molar refractivity (Wildman–Crippen MR) is 75.6 cm³/mol. The second-order valence-electron chi connectivity index (χ2n) is 5.11. The van der Waals surface area contributed by atoms with E-state index in [2.05, 4.69) is 9.88 Å². The number of hydrogen-bond acceptors (Lipinski definition) is 5. The third-order valence-corrected chi connectivity index (χ3v) is 4.51. The Bertz CT molecular complexity index is 572. The molecule has 1 aliphatic rings. The molecule has 0 aromatic carbocycles. The molecule has 1 N–H and O–H groups in total. The van der Waals surface area contributed by atoms with Crippen molar-refractivity contribution in [1.29, 1.82) is 0 Å². The van der Waals surface area contributed by atoms with Crippen LogP contribution in [0.2, 0.25) is 0 Å². The number of aliphatic hydroxyl groups is 1. The number of aliphatic hydroxyl groups excluding tert-OH is 1. The zero-order chi connectivity index (χ0) is 13.4. The Balaban J connectivity index is 1.77. The zero-order valence-electron chi connectivity index (χ0n) is 11.2. The summed E-state index contributed by atoms with van der Waals surface area (Å²) in [6.07, 6.45) is 2.41. The molecule has 2 heterocycles. The smallest absolute Gasteiger partial charge is 0.186 e. The molecule has 0 bridgehead atoms. The monoisotopic (exact) mass is 278 g/mol. The second-order valence-corrected chi connectivity index (χ2v) is 6.17. The summed E-state index contributed by atoms with van der Waals surface area (Å²) in [5.41, 5.74) is 1.10. The lowest BCUT2D eigenvalue weighted by Gasteiger charge is -2.13. The fourth-order valence-electron chi connectivity index (χ4n) is 2.17. The molecule has 5 heteroatoms. The van der Waals surface area contributed by atoms with Gasteiger partial charge >= 0.3 is 0 Å². The van der Waals surface area contributed by atoms with Crippen molar-refractivity contribution in [3.05, 3.63) is 34.2 Å². The molecule has 0 amide bonds. The van der Waals surface area contributed by atoms with E-state index in [1.54, 1.807) is 11.3 Å². The predicted octanol–water partition coefficient (Wildman–Crippen LogP) is 3.05. The lowest BCUT2D eigenvalue weighted by Crippen LogP contribution is -2.15. The van der Waals surface area contributed by atoms with Crippen LogP contribution >= 0.6 is 11.3 Å². The maximum absolute atomic E-state index is 9.42. The van der Waals surface area contributed by atoms with Crippen molar-refractivity contribution >= 4 is 16.5 Å². The van der Waals surface area contributed by atoms with Crippen LogP contribution in [0.1, 0.15) is 40.9 Å². The van der Waals surface area contributed by atoms with Gasteiger partial charge in [-0.1, -0.05) is 11.3 Å². The molecule has 2 aromatic heterocycles. The van der Waals surface area contributed by atoms with E-state index in [0.29, 0.717) is 12.5 Å². The Labute approximate surface area is 116 Å². The third kappa shape index (κ3) is 2.67. The third-order valence-electron chi connectivity index (χ3n) is 3.34. The first-order chi connectivity index (χ1) is 9.17. The molecule has 1 fully saturated rings. The van der Waals surface area contributed by atoms with E-state index in [0.717, 1.165) is 27.2 Å². The number of furan rings is 1. The van der Waals surface area contributed by atoms with E-state index in [4.69, 9.17) is 4.42 Å². The first-order valence-electron chi connectivity index (χ1n) is 6.54. The van der Waals surface area contributed by atoms with E-state index < -0.39 is 0 Å². The maximum Gasteiger partial charge on any atom is 0.186 e. The number of anilines is 1. The Kier molecular flexibility index (Phi) is 3.33. The minimum absolute atomic E-state index is 0.0944. The number of aryl methyl sites for hydroxylation is 1. The van der Waals surface area contributed by atoms with Crippen LogP contribution in [-0.2, 0) is 13.2 Å². The summed E-state index contributed by atoms with van der Waals surface area (Å²) in [6.45, 7) is 2.75. The molecule has 0 unspecified atom stereocenters. The highest BCUT2D eigenvalue weighted by atomic mass is 32.1. The molecule has 0 spiro atoms. The second kappa shape index (κ2) is 4.98. The molecule has 0 atom stereocenters. The summed E-state index contributed by atoms with van der Waals surface area (Å²) in [6, 6.07) is 3.97. The van der Waals surface area contributed by atoms with Crippen molar-refractivity contribution in [2.24, 2.45) is 0 Å². The van der Waals surface area contributed by atoms with Gasteiger partial charge in [0, 0.05) is 13.0 Å². The van der Waals surface area contributed by atoms with Crippen molar-refractivity contribution in [3.63, 3.8) is 0 Å². The van der Waals surface area contributed by atoms with Crippen LogP contribution in [0.15, 0.2) is 16.5 Å². The maximum atomic E-state index is 9.42. The van der Waals surface area contributed by atoms with E-state index in [9.17, 15) is 5.11 Å². The van der Waals surface area contributed by atoms with Crippen molar-refractivity contribution < 1.29 is 9.52 Å². The number of aromatic nitrogens is 1. The molecular weight excluding hydrogens is 260 g/mol. The Hall–Kier alpha value is -1.33. The van der Waals surface area contributed by atoms with Crippen molar-refractivity contribution in [2.75, 3.05) is 11.9 Å². The average Bonchev–Trinajstić information content (AvgIpc) is 3.01. The van der Waals surface area contributed by atoms with Crippen molar-refractivity contribution in [1.82, 2.24) is 4.98 Å². The van der Waals surface area contributed by atoms with Crippen molar-refractivity contribution in [2.45, 2.75) is 38.8 Å². The quantitative estimate of drug-likeness (QED) is 0.913. The topological polar surface area (TPSA) is 49.5 Å². The minimum atomic E-state index is 0.0944. The van der Waals surface area contributed by atoms with Gasteiger partial charge < -0.3 is 14.4 Å². The SMILES string of the molecule is Cc1ccc(CN(C)c2nc(C3CC3)c(CO)s2)o1. The van der Waals surface area contributed by atoms with E-state index in [1.165, 1.54) is 12.8 Å². The summed E-state index contributed by atoms with van der Waals surface area (Å²) in [5.74, 6) is 2.44. The van der Waals surface area contributed by atoms with Gasteiger partial charge in [-0.05, 0) is 31.9 Å². The molecule has 1 aliphatic carbocycles. The molecule has 3 rings (SSSR count). The Morgan fingerprint density at radius 2 is 2.26 bits per heavy atom. The number of thiazole rings is 1. The molecule has 0 radical (unpaired) electrons. The number of hydrogen-bond donors (Lipinski definition) is 1. The molecule has 0 saturated heterocycles. The molecule has 4 nitrogen and oxygen atoms in total. The first-order valence-corrected chi connectivity index (χ1v) is 7.36. The summed E-state index contributed by atoms with van der Waals surface area (Å²) in [5, 5.41) is 10.4. The van der Waals surface area contributed by atoms with Crippen molar-refractivity contribution in [3.8, 4) is 0 Å². The largest absolute Gasteiger partial charge is 0.464 e. The summed E-state index contributed by atoms with van der Waals surface area (Å²) in [4.78, 5) is 7.78. The van der Waals surface area contributed by atoms with E-state index in [1.807, 2.05) is 26.1 Å². The Morgan fingerprint density at radius 3 is 2.84 bits per heavy atom. The van der Waals surface area contributed by atoms with Gasteiger partial charge in [-0.15, -0.1) is 0 Å². The standard InChI is InChI=1S/C14H18N2O2S/c1-9-3-6-11(18-9)7-16(2)14-15-13(10-4-5-10)12(8-17)19-14/h3,6,10,17H,4-5,7-8H2,1-2H3. The van der Waals surface area contributed by atoms with Gasteiger partial charge in [-0.3, -0.25) is 0 Å². The van der Waals surface area contributed by atoms with Crippen LogP contribution in [0.5, 0.6) is 0 Å². The molecule has 2 aromatic rings. The zero-order valence-corrected chi connectivity index (χ0v) is 12.0. The fraction of sp³-hybridized carbons (Fsp3) is 0.500. The van der Waals surface area contributed by atoms with Crippen LogP contribution in [-0.4, -0.2) is 17.1 Å². The van der Waals surface area contributed by atoms with E-state index in [-0.39, 0.29) is 6.61 Å². The van der Waals surface area contributed by atoms with Gasteiger partial charge in [0.25, 0.3) is 0 Å². The molecule has 1 saturated carbocycles. The molecule has 102 valence electrons. The lowest BCUT2D eigenvalue weighted by molar-refractivity contribution is 0.284. The summed E-state index contributed by atoms with van der Waals surface area (Å²) >= 11 is 1.59. The molecular formula is C14H18N2O2S. The highest BCUT2D eigenvalue weighted by molar-refractivity contribution is 7.15. The highest BCUT2D eigenvalue weighted by Crippen LogP contribution is 2.44. The van der Waals surface area contributed by atoms with Gasteiger partial charge in [0.05, 0.1) is 23.7 Å². The van der Waals surface area contributed by atoms with Crippen LogP contribution in [0.4, 0.5) is 5.13 Å². The van der Waals surface area contributed by atoms with Crippen LogP contribution in [0.3, 0.4) is 0 Å². The highest BCUT2D eigenvalue weighted by Gasteiger charge is 2.30. The average molecular weight is 278 g/mol. The number of rotatable bonds is 5. The van der Waals surface area contributed by atoms with Crippen LogP contribution in [0, 0.1) is 6.92 Å². The normalized spacial score (nSPS) is 14.9. The van der Waals surface area contributed by atoms with E-state index >= 15 is 0 Å². The van der Waals surface area contributed by atoms with Crippen LogP contribution in [0.25, 0.3) is 0 Å². The van der Waals surface area contributed by atoms with Gasteiger partial charge in [0.2, 0.25) is 0 Å². The fourth-order valence-corrected chi connectivity index (χ4v) is 3.14. The number of nitrogens with zero attached hydrogens (tertiary/aromatic N) is 2. The van der Waals surface area contributed by atoms with Gasteiger partial charge in [0.15, 0.2) is 5.13 Å².